The number of nitrogens with zero attached hydrogens (tertiary/aromatic N) is 1. The molecular formula is C12H23NO3S. The molecule has 1 fully saturated rings. The van der Waals surface area contributed by atoms with Crippen LogP contribution in [-0.4, -0.2) is 58.3 Å². The van der Waals surface area contributed by atoms with Gasteiger partial charge in [-0.2, -0.15) is 0 Å². The van der Waals surface area contributed by atoms with Crippen LogP contribution in [0.25, 0.3) is 0 Å². The van der Waals surface area contributed by atoms with E-state index in [1.54, 1.807) is 11.8 Å². The van der Waals surface area contributed by atoms with Crippen molar-refractivity contribution in [1.82, 2.24) is 4.90 Å². The molecule has 4 nitrogen and oxygen atoms in total. The number of hydrogen-bond acceptors (Lipinski definition) is 4. The maximum atomic E-state index is 12.1. The van der Waals surface area contributed by atoms with Crippen LogP contribution < -0.4 is 0 Å². The molecule has 0 aliphatic carbocycles. The van der Waals surface area contributed by atoms with E-state index in [1.165, 1.54) is 0 Å². The fraction of sp³-hybridized carbons (Fsp3) is 0.917. The van der Waals surface area contributed by atoms with Crippen molar-refractivity contribution in [2.24, 2.45) is 0 Å². The van der Waals surface area contributed by atoms with Crippen LogP contribution in [0.2, 0.25) is 0 Å². The smallest absolute Gasteiger partial charge is 0.232 e. The molecule has 0 spiro atoms. The summed E-state index contributed by atoms with van der Waals surface area (Å²) in [5, 5.41) is 9.07. The van der Waals surface area contributed by atoms with Crippen LogP contribution >= 0.6 is 11.8 Å². The molecule has 2 unspecified atom stereocenters. The lowest BCUT2D eigenvalue weighted by molar-refractivity contribution is -0.143. The quantitative estimate of drug-likeness (QED) is 0.827. The molecule has 1 aliphatic rings. The van der Waals surface area contributed by atoms with Crippen LogP contribution in [0.3, 0.4) is 0 Å². The van der Waals surface area contributed by atoms with Gasteiger partial charge in [0.05, 0.1) is 31.1 Å². The summed E-state index contributed by atoms with van der Waals surface area (Å²) in [6.45, 7) is 9.27. The first-order valence-electron chi connectivity index (χ1n) is 5.99. The van der Waals surface area contributed by atoms with Crippen molar-refractivity contribution in [2.45, 2.75) is 44.6 Å². The van der Waals surface area contributed by atoms with Gasteiger partial charge in [0.15, 0.2) is 0 Å². The van der Waals surface area contributed by atoms with Crippen LogP contribution in [0.4, 0.5) is 0 Å². The summed E-state index contributed by atoms with van der Waals surface area (Å²) in [5.74, 6) is 0.630. The molecule has 1 amide bonds. The minimum Gasteiger partial charge on any atom is -0.394 e. The van der Waals surface area contributed by atoms with Crippen LogP contribution in [0.5, 0.6) is 0 Å². The van der Waals surface area contributed by atoms with Gasteiger partial charge < -0.3 is 14.7 Å². The molecule has 0 saturated carbocycles. The zero-order valence-corrected chi connectivity index (χ0v) is 11.9. The summed E-state index contributed by atoms with van der Waals surface area (Å²) in [6.07, 6.45) is -0.227. The Balaban J connectivity index is 2.49. The topological polar surface area (TPSA) is 49.8 Å². The fourth-order valence-electron chi connectivity index (χ4n) is 1.64. The number of ether oxygens (including phenoxy) is 1. The maximum absolute atomic E-state index is 12.1. The Kier molecular flexibility index (Phi) is 5.28. The molecule has 0 radical (unpaired) electrons. The largest absolute Gasteiger partial charge is 0.394 e. The zero-order chi connectivity index (χ0) is 13.1. The minimum absolute atomic E-state index is 0.0249. The third-order valence-corrected chi connectivity index (χ3v) is 3.92. The lowest BCUT2D eigenvalue weighted by Crippen LogP contribution is -2.52. The highest BCUT2D eigenvalue weighted by atomic mass is 32.2. The second-order valence-electron chi connectivity index (χ2n) is 5.43. The van der Waals surface area contributed by atoms with Gasteiger partial charge in [0.1, 0.15) is 0 Å². The number of carbonyl (C=O) groups excluding carboxylic acids is 1. The monoisotopic (exact) mass is 261 g/mol. The normalized spacial score (nSPS) is 26.1. The molecular weight excluding hydrogens is 238 g/mol. The van der Waals surface area contributed by atoms with Gasteiger partial charge in [-0.05, 0) is 6.92 Å². The highest BCUT2D eigenvalue weighted by molar-refractivity contribution is 8.01. The van der Waals surface area contributed by atoms with Gasteiger partial charge in [-0.25, -0.2) is 0 Å². The van der Waals surface area contributed by atoms with E-state index in [1.807, 2.05) is 11.8 Å². The SMILES string of the molecule is CC1COC(CO)CN1C(=O)CSC(C)(C)C. The van der Waals surface area contributed by atoms with Crippen molar-refractivity contribution in [1.29, 1.82) is 0 Å². The average Bonchev–Trinajstić information content (AvgIpc) is 2.25. The number of amides is 1. The Hall–Kier alpha value is -0.260. The Morgan fingerprint density at radius 2 is 2.18 bits per heavy atom. The van der Waals surface area contributed by atoms with Crippen LogP contribution in [0.1, 0.15) is 27.7 Å². The molecule has 5 heteroatoms. The predicted molar refractivity (Wildman–Crippen MR) is 70.2 cm³/mol. The summed E-state index contributed by atoms with van der Waals surface area (Å²) in [5.41, 5.74) is 0. The Morgan fingerprint density at radius 3 is 2.71 bits per heavy atom. The molecule has 0 bridgehead atoms. The van der Waals surface area contributed by atoms with Gasteiger partial charge in [0, 0.05) is 11.3 Å². The lowest BCUT2D eigenvalue weighted by Gasteiger charge is -2.37. The molecule has 100 valence electrons. The summed E-state index contributed by atoms with van der Waals surface area (Å²) >= 11 is 1.65. The van der Waals surface area contributed by atoms with Crippen molar-refractivity contribution in [2.75, 3.05) is 25.5 Å². The van der Waals surface area contributed by atoms with Gasteiger partial charge in [0.2, 0.25) is 5.91 Å². The second kappa shape index (κ2) is 6.07. The summed E-state index contributed by atoms with van der Waals surface area (Å²) < 4.78 is 5.51. The Bertz CT molecular complexity index is 265. The zero-order valence-electron chi connectivity index (χ0n) is 11.1. The first-order chi connectivity index (χ1) is 7.83. The number of aliphatic hydroxyl groups is 1. The van der Waals surface area contributed by atoms with Crippen molar-refractivity contribution in [3.05, 3.63) is 0 Å². The van der Waals surface area contributed by atoms with Crippen molar-refractivity contribution in [3.63, 3.8) is 0 Å². The van der Waals surface area contributed by atoms with E-state index < -0.39 is 0 Å². The highest BCUT2D eigenvalue weighted by Crippen LogP contribution is 2.24. The molecule has 1 rings (SSSR count). The number of hydrogen-bond donors (Lipinski definition) is 1. The molecule has 2 atom stereocenters. The lowest BCUT2D eigenvalue weighted by atomic mass is 10.2. The van der Waals surface area contributed by atoms with Crippen molar-refractivity contribution in [3.8, 4) is 0 Å². The second-order valence-corrected chi connectivity index (χ2v) is 7.24. The number of morpholine rings is 1. The van der Waals surface area contributed by atoms with Crippen LogP contribution in [0, 0.1) is 0 Å². The maximum Gasteiger partial charge on any atom is 0.232 e. The number of aliphatic hydroxyl groups excluding tert-OH is 1. The van der Waals surface area contributed by atoms with Gasteiger partial charge in [-0.15, -0.1) is 11.8 Å². The molecule has 1 N–H and O–H groups in total. The molecule has 0 aromatic rings. The molecule has 1 aliphatic heterocycles. The third-order valence-electron chi connectivity index (χ3n) is 2.66. The van der Waals surface area contributed by atoms with E-state index in [9.17, 15) is 4.79 Å². The van der Waals surface area contributed by atoms with E-state index in [4.69, 9.17) is 9.84 Å². The van der Waals surface area contributed by atoms with E-state index in [2.05, 4.69) is 20.8 Å². The van der Waals surface area contributed by atoms with Crippen molar-refractivity contribution < 1.29 is 14.6 Å². The fourth-order valence-corrected chi connectivity index (χ4v) is 2.36. The van der Waals surface area contributed by atoms with Crippen LogP contribution in [0.15, 0.2) is 0 Å². The van der Waals surface area contributed by atoms with E-state index in [-0.39, 0.29) is 29.4 Å². The Labute approximate surface area is 108 Å². The standard InChI is InChI=1S/C12H23NO3S/c1-9-7-16-10(6-14)5-13(9)11(15)8-17-12(2,3)4/h9-10,14H,5-8H2,1-4H3. The minimum atomic E-state index is -0.227. The molecule has 1 heterocycles. The average molecular weight is 261 g/mol. The molecule has 17 heavy (non-hydrogen) atoms. The highest BCUT2D eigenvalue weighted by Gasteiger charge is 2.29. The molecule has 0 aromatic carbocycles. The van der Waals surface area contributed by atoms with E-state index in [0.29, 0.717) is 18.9 Å². The first kappa shape index (κ1) is 14.8. The number of carbonyl (C=O) groups is 1. The van der Waals surface area contributed by atoms with Gasteiger partial charge in [0.25, 0.3) is 0 Å². The first-order valence-corrected chi connectivity index (χ1v) is 6.98. The summed E-state index contributed by atoms with van der Waals surface area (Å²) in [6, 6.07) is 0.103. The van der Waals surface area contributed by atoms with Crippen molar-refractivity contribution >= 4 is 17.7 Å². The van der Waals surface area contributed by atoms with Crippen LogP contribution in [-0.2, 0) is 9.53 Å². The van der Waals surface area contributed by atoms with Gasteiger partial charge in [-0.1, -0.05) is 20.8 Å². The molecule has 0 aromatic heterocycles. The predicted octanol–water partition coefficient (Wildman–Crippen LogP) is 1.13. The van der Waals surface area contributed by atoms with Gasteiger partial charge in [-0.3, -0.25) is 4.79 Å². The number of rotatable bonds is 3. The molecule has 1 saturated heterocycles. The van der Waals surface area contributed by atoms with E-state index in [0.717, 1.165) is 0 Å². The summed E-state index contributed by atoms with van der Waals surface area (Å²) in [7, 11) is 0. The third kappa shape index (κ3) is 4.85. The number of thioether (sulfide) groups is 1. The summed E-state index contributed by atoms with van der Waals surface area (Å²) in [4.78, 5) is 13.9. The van der Waals surface area contributed by atoms with E-state index >= 15 is 0 Å². The van der Waals surface area contributed by atoms with Gasteiger partial charge >= 0.3 is 0 Å². The Morgan fingerprint density at radius 1 is 1.53 bits per heavy atom.